The molecule has 9 heteroatoms. The van der Waals surface area contributed by atoms with Crippen molar-refractivity contribution in [2.75, 3.05) is 17.4 Å². The van der Waals surface area contributed by atoms with Crippen molar-refractivity contribution in [3.63, 3.8) is 0 Å². The highest BCUT2D eigenvalue weighted by atomic mass is 19.4. The summed E-state index contributed by atoms with van der Waals surface area (Å²) in [5, 5.41) is 5.90. The lowest BCUT2D eigenvalue weighted by atomic mass is 10.1. The van der Waals surface area contributed by atoms with Crippen molar-refractivity contribution >= 4 is 17.5 Å². The Balaban J connectivity index is 1.40. The predicted octanol–water partition coefficient (Wildman–Crippen LogP) is 4.55. The third-order valence-corrected chi connectivity index (χ3v) is 5.11. The molecule has 2 aromatic carbocycles. The summed E-state index contributed by atoms with van der Waals surface area (Å²) in [5.41, 5.74) is 1.91. The molecule has 0 radical (unpaired) electrons. The van der Waals surface area contributed by atoms with Gasteiger partial charge >= 0.3 is 6.18 Å². The van der Waals surface area contributed by atoms with Crippen LogP contribution in [-0.4, -0.2) is 22.8 Å². The number of rotatable bonds is 4. The zero-order valence-corrected chi connectivity index (χ0v) is 15.7. The first-order chi connectivity index (χ1) is 14.5. The lowest BCUT2D eigenvalue weighted by molar-refractivity contribution is -0.137. The first kappa shape index (κ1) is 18.5. The number of hydrogen-bond donors (Lipinski definition) is 2. The van der Waals surface area contributed by atoms with Crippen LogP contribution in [0.3, 0.4) is 0 Å². The van der Waals surface area contributed by atoms with Gasteiger partial charge in [-0.2, -0.15) is 18.2 Å². The van der Waals surface area contributed by atoms with Gasteiger partial charge in [-0.05, 0) is 36.1 Å². The molecule has 1 aliphatic carbocycles. The number of nitrogens with one attached hydrogen (secondary N) is 2. The molecule has 6 nitrogen and oxygen atoms in total. The molecule has 0 amide bonds. The van der Waals surface area contributed by atoms with Crippen molar-refractivity contribution in [2.45, 2.75) is 25.1 Å². The third kappa shape index (κ3) is 3.58. The van der Waals surface area contributed by atoms with Crippen molar-refractivity contribution in [3.8, 4) is 11.5 Å². The van der Waals surface area contributed by atoms with Crippen LogP contribution >= 0.6 is 0 Å². The number of aromatic nitrogens is 2. The minimum Gasteiger partial charge on any atom is -0.454 e. The van der Waals surface area contributed by atoms with Crippen molar-refractivity contribution in [3.05, 3.63) is 65.4 Å². The number of anilines is 3. The van der Waals surface area contributed by atoms with E-state index in [1.165, 1.54) is 11.1 Å². The standard InChI is InChI=1S/C21H17F3N4O2/c22-21(23,24)16-10-25-20(27-15-7-12-3-1-2-4-13(12)8-15)28-19(16)26-14-5-6-17-18(9-14)30-11-29-17/h1-6,9-10,15H,7-8,11H2,(H2,25,26,27,28). The zero-order valence-electron chi connectivity index (χ0n) is 15.7. The maximum Gasteiger partial charge on any atom is 0.421 e. The Morgan fingerprint density at radius 3 is 2.43 bits per heavy atom. The van der Waals surface area contributed by atoms with E-state index in [1.54, 1.807) is 18.2 Å². The Hall–Kier alpha value is -3.49. The first-order valence-corrected chi connectivity index (χ1v) is 9.40. The summed E-state index contributed by atoms with van der Waals surface area (Å²) < 4.78 is 51.0. The number of alkyl halides is 3. The highest BCUT2D eigenvalue weighted by Crippen LogP contribution is 2.38. The van der Waals surface area contributed by atoms with Crippen molar-refractivity contribution in [2.24, 2.45) is 0 Å². The monoisotopic (exact) mass is 414 g/mol. The molecule has 0 bridgehead atoms. The van der Waals surface area contributed by atoms with Gasteiger partial charge < -0.3 is 20.1 Å². The van der Waals surface area contributed by atoms with Gasteiger partial charge in [-0.3, -0.25) is 0 Å². The van der Waals surface area contributed by atoms with Crippen molar-refractivity contribution in [1.82, 2.24) is 9.97 Å². The minimum absolute atomic E-state index is 0.0255. The summed E-state index contributed by atoms with van der Waals surface area (Å²) >= 11 is 0. The molecule has 2 aliphatic rings. The number of benzene rings is 2. The highest BCUT2D eigenvalue weighted by Gasteiger charge is 2.35. The summed E-state index contributed by atoms with van der Waals surface area (Å²) in [7, 11) is 0. The second-order valence-corrected chi connectivity index (χ2v) is 7.16. The fraction of sp³-hybridized carbons (Fsp3) is 0.238. The van der Waals surface area contributed by atoms with Crippen LogP contribution in [0.2, 0.25) is 0 Å². The zero-order chi connectivity index (χ0) is 20.7. The van der Waals surface area contributed by atoms with Crippen LogP contribution in [-0.2, 0) is 19.0 Å². The Bertz CT molecular complexity index is 1080. The molecular weight excluding hydrogens is 397 g/mol. The Labute approximate surface area is 170 Å². The second-order valence-electron chi connectivity index (χ2n) is 7.16. The molecule has 2 heterocycles. The molecule has 5 rings (SSSR count). The third-order valence-electron chi connectivity index (χ3n) is 5.11. The molecule has 0 saturated carbocycles. The van der Waals surface area contributed by atoms with Gasteiger partial charge in [-0.15, -0.1) is 0 Å². The number of fused-ring (bicyclic) bond motifs is 2. The molecule has 1 aliphatic heterocycles. The summed E-state index contributed by atoms with van der Waals surface area (Å²) in [5.74, 6) is 0.825. The highest BCUT2D eigenvalue weighted by molar-refractivity contribution is 5.65. The summed E-state index contributed by atoms with van der Waals surface area (Å²) in [4.78, 5) is 8.03. The molecule has 3 aromatic rings. The first-order valence-electron chi connectivity index (χ1n) is 9.40. The van der Waals surface area contributed by atoms with E-state index in [2.05, 4.69) is 32.7 Å². The van der Waals surface area contributed by atoms with Crippen LogP contribution in [0.5, 0.6) is 11.5 Å². The normalized spacial score (nSPS) is 15.2. The molecule has 0 unspecified atom stereocenters. The quantitative estimate of drug-likeness (QED) is 0.653. The van der Waals surface area contributed by atoms with Crippen LogP contribution < -0.4 is 20.1 Å². The van der Waals surface area contributed by atoms with Crippen LogP contribution in [0, 0.1) is 0 Å². The van der Waals surface area contributed by atoms with Gasteiger partial charge in [0.1, 0.15) is 11.4 Å². The Morgan fingerprint density at radius 2 is 1.70 bits per heavy atom. The van der Waals surface area contributed by atoms with Gasteiger partial charge in [0.15, 0.2) is 11.5 Å². The fourth-order valence-electron chi connectivity index (χ4n) is 3.71. The lowest BCUT2D eigenvalue weighted by Crippen LogP contribution is -2.22. The second kappa shape index (κ2) is 7.08. The van der Waals surface area contributed by atoms with Gasteiger partial charge in [0.2, 0.25) is 12.7 Å². The van der Waals surface area contributed by atoms with E-state index in [1.807, 2.05) is 12.1 Å². The van der Waals surface area contributed by atoms with Gasteiger partial charge in [0, 0.05) is 24.0 Å². The number of hydrogen-bond acceptors (Lipinski definition) is 6. The Kier molecular flexibility index (Phi) is 4.38. The van der Waals surface area contributed by atoms with E-state index < -0.39 is 11.7 Å². The van der Waals surface area contributed by atoms with Crippen LogP contribution in [0.4, 0.5) is 30.6 Å². The van der Waals surface area contributed by atoms with E-state index in [9.17, 15) is 13.2 Å². The van der Waals surface area contributed by atoms with E-state index in [0.29, 0.717) is 17.2 Å². The molecule has 0 saturated heterocycles. The maximum absolute atomic E-state index is 13.5. The summed E-state index contributed by atoms with van der Waals surface area (Å²) in [6.45, 7) is 0.0813. The van der Waals surface area contributed by atoms with E-state index >= 15 is 0 Å². The molecule has 30 heavy (non-hydrogen) atoms. The average Bonchev–Trinajstić information content (AvgIpc) is 3.32. The number of halogens is 3. The molecule has 154 valence electrons. The molecule has 0 fully saturated rings. The topological polar surface area (TPSA) is 68.3 Å². The summed E-state index contributed by atoms with van der Waals surface area (Å²) in [6.07, 6.45) is -2.26. The van der Waals surface area contributed by atoms with E-state index in [4.69, 9.17) is 9.47 Å². The summed E-state index contributed by atoms with van der Waals surface area (Å²) in [6, 6.07) is 12.9. The lowest BCUT2D eigenvalue weighted by Gasteiger charge is -2.17. The van der Waals surface area contributed by atoms with Crippen molar-refractivity contribution in [1.29, 1.82) is 0 Å². The minimum atomic E-state index is -4.60. The molecule has 2 N–H and O–H groups in total. The average molecular weight is 414 g/mol. The molecule has 1 aromatic heterocycles. The Morgan fingerprint density at radius 1 is 0.967 bits per heavy atom. The maximum atomic E-state index is 13.5. The predicted molar refractivity (Wildman–Crippen MR) is 104 cm³/mol. The van der Waals surface area contributed by atoms with Crippen molar-refractivity contribution < 1.29 is 22.6 Å². The van der Waals surface area contributed by atoms with Crippen LogP contribution in [0.25, 0.3) is 0 Å². The van der Waals surface area contributed by atoms with Gasteiger partial charge in [-0.25, -0.2) is 4.98 Å². The molecular formula is C21H17F3N4O2. The molecule has 0 atom stereocenters. The largest absolute Gasteiger partial charge is 0.454 e. The van der Waals surface area contributed by atoms with Crippen LogP contribution in [0.1, 0.15) is 16.7 Å². The van der Waals surface area contributed by atoms with E-state index in [0.717, 1.165) is 19.0 Å². The number of nitrogens with zero attached hydrogens (tertiary/aromatic N) is 2. The van der Waals surface area contributed by atoms with Crippen LogP contribution in [0.15, 0.2) is 48.7 Å². The van der Waals surface area contributed by atoms with Gasteiger partial charge in [0.25, 0.3) is 0 Å². The van der Waals surface area contributed by atoms with Gasteiger partial charge in [-0.1, -0.05) is 24.3 Å². The fourth-order valence-corrected chi connectivity index (χ4v) is 3.71. The SMILES string of the molecule is FC(F)(F)c1cnc(NC2Cc3ccccc3C2)nc1Nc1ccc2c(c1)OCO2. The molecule has 0 spiro atoms. The smallest absolute Gasteiger partial charge is 0.421 e. The van der Waals surface area contributed by atoms with E-state index in [-0.39, 0.29) is 24.6 Å². The number of ether oxygens (including phenoxy) is 2. The van der Waals surface area contributed by atoms with Gasteiger partial charge in [0.05, 0.1) is 0 Å².